The molecule has 0 N–H and O–H groups in total. The summed E-state index contributed by atoms with van der Waals surface area (Å²) in [7, 11) is 0. The lowest BCUT2D eigenvalue weighted by atomic mass is 10.2. The summed E-state index contributed by atoms with van der Waals surface area (Å²) in [6.45, 7) is 7.84. The molecule has 0 unspecified atom stereocenters. The van der Waals surface area contributed by atoms with E-state index >= 15 is 0 Å². The first-order valence-corrected chi connectivity index (χ1v) is 11.8. The third-order valence-corrected chi connectivity index (χ3v) is 7.59. The predicted molar refractivity (Wildman–Crippen MR) is 123 cm³/mol. The SMILES string of the molecule is Cc1csc(N2CCN(C(=O)c3cc4c(C)nn(Cc5ccccc5)c4s3)CC2)n1. The Bertz CT molecular complexity index is 1190. The number of carbonyl (C=O) groups excluding carboxylic acids is 1. The molecule has 6 nitrogen and oxygen atoms in total. The average molecular weight is 438 g/mol. The minimum atomic E-state index is 0.122. The number of benzene rings is 1. The average Bonchev–Trinajstić information content (AvgIpc) is 3.46. The van der Waals surface area contributed by atoms with Crippen molar-refractivity contribution in [2.24, 2.45) is 0 Å². The van der Waals surface area contributed by atoms with Crippen LogP contribution in [0.1, 0.15) is 26.6 Å². The monoisotopic (exact) mass is 437 g/mol. The van der Waals surface area contributed by atoms with Gasteiger partial charge in [-0.3, -0.25) is 9.48 Å². The smallest absolute Gasteiger partial charge is 0.264 e. The first kappa shape index (κ1) is 19.3. The zero-order chi connectivity index (χ0) is 20.7. The summed E-state index contributed by atoms with van der Waals surface area (Å²) in [6.07, 6.45) is 0. The number of aromatic nitrogens is 3. The van der Waals surface area contributed by atoms with Crippen molar-refractivity contribution in [1.29, 1.82) is 0 Å². The minimum absolute atomic E-state index is 0.122. The van der Waals surface area contributed by atoms with Crippen LogP contribution in [0.4, 0.5) is 5.13 Å². The summed E-state index contributed by atoms with van der Waals surface area (Å²) in [5.74, 6) is 0.122. The quantitative estimate of drug-likeness (QED) is 0.481. The molecular formula is C22H23N5OS2. The largest absolute Gasteiger partial charge is 0.345 e. The number of thiophene rings is 1. The Kier molecular flexibility index (Phi) is 5.04. The Hall–Kier alpha value is -2.71. The molecule has 0 spiro atoms. The van der Waals surface area contributed by atoms with Gasteiger partial charge in [0.05, 0.1) is 22.8 Å². The second-order valence-corrected chi connectivity index (χ2v) is 9.48. The molecule has 1 saturated heterocycles. The lowest BCUT2D eigenvalue weighted by Gasteiger charge is -2.34. The van der Waals surface area contributed by atoms with Gasteiger partial charge in [-0.2, -0.15) is 5.10 Å². The second-order valence-electron chi connectivity index (χ2n) is 7.61. The van der Waals surface area contributed by atoms with Crippen LogP contribution in [0.25, 0.3) is 10.2 Å². The van der Waals surface area contributed by atoms with E-state index in [-0.39, 0.29) is 5.91 Å². The number of carbonyl (C=O) groups is 1. The van der Waals surface area contributed by atoms with Gasteiger partial charge in [0.1, 0.15) is 4.83 Å². The molecule has 4 heterocycles. The van der Waals surface area contributed by atoms with Gasteiger partial charge >= 0.3 is 0 Å². The van der Waals surface area contributed by atoms with Gasteiger partial charge in [0, 0.05) is 36.9 Å². The summed E-state index contributed by atoms with van der Waals surface area (Å²) in [6, 6.07) is 12.3. The number of thiazole rings is 1. The van der Waals surface area contributed by atoms with Gasteiger partial charge in [0.15, 0.2) is 5.13 Å². The summed E-state index contributed by atoms with van der Waals surface area (Å²) in [5.41, 5.74) is 3.23. The number of anilines is 1. The van der Waals surface area contributed by atoms with Crippen LogP contribution in [0.15, 0.2) is 41.8 Å². The molecular weight excluding hydrogens is 414 g/mol. The number of hydrogen-bond acceptors (Lipinski definition) is 6. The van der Waals surface area contributed by atoms with E-state index in [1.807, 2.05) is 47.7 Å². The van der Waals surface area contributed by atoms with Gasteiger partial charge in [-0.15, -0.1) is 22.7 Å². The van der Waals surface area contributed by atoms with Crippen LogP contribution in [-0.4, -0.2) is 51.8 Å². The maximum absolute atomic E-state index is 13.2. The Morgan fingerprint density at radius 1 is 1.10 bits per heavy atom. The molecule has 1 fully saturated rings. The van der Waals surface area contributed by atoms with Gasteiger partial charge in [-0.25, -0.2) is 4.98 Å². The van der Waals surface area contributed by atoms with E-state index < -0.39 is 0 Å². The molecule has 154 valence electrons. The fourth-order valence-corrected chi connectivity index (χ4v) is 5.81. The summed E-state index contributed by atoms with van der Waals surface area (Å²) >= 11 is 3.23. The van der Waals surface area contributed by atoms with E-state index in [2.05, 4.69) is 27.4 Å². The molecule has 5 rings (SSSR count). The Balaban J connectivity index is 1.32. The number of fused-ring (bicyclic) bond motifs is 1. The van der Waals surface area contributed by atoms with Crippen molar-refractivity contribution in [2.75, 3.05) is 31.1 Å². The highest BCUT2D eigenvalue weighted by Crippen LogP contribution is 2.30. The molecule has 1 aliphatic rings. The van der Waals surface area contributed by atoms with Gasteiger partial charge < -0.3 is 9.80 Å². The third kappa shape index (κ3) is 3.61. The highest BCUT2D eigenvalue weighted by atomic mass is 32.1. The molecule has 1 aliphatic heterocycles. The number of aryl methyl sites for hydroxylation is 2. The number of hydrogen-bond donors (Lipinski definition) is 0. The Morgan fingerprint density at radius 2 is 1.87 bits per heavy atom. The van der Waals surface area contributed by atoms with Crippen LogP contribution in [0.2, 0.25) is 0 Å². The van der Waals surface area contributed by atoms with Crippen LogP contribution in [-0.2, 0) is 6.54 Å². The zero-order valence-corrected chi connectivity index (χ0v) is 18.7. The maximum atomic E-state index is 13.2. The summed E-state index contributed by atoms with van der Waals surface area (Å²) in [4.78, 5) is 23.8. The van der Waals surface area contributed by atoms with Crippen LogP contribution >= 0.6 is 22.7 Å². The van der Waals surface area contributed by atoms with Crippen molar-refractivity contribution in [2.45, 2.75) is 20.4 Å². The van der Waals surface area contributed by atoms with Crippen LogP contribution < -0.4 is 4.90 Å². The molecule has 8 heteroatoms. The highest BCUT2D eigenvalue weighted by molar-refractivity contribution is 7.20. The van der Waals surface area contributed by atoms with Gasteiger partial charge in [-0.1, -0.05) is 30.3 Å². The van der Waals surface area contributed by atoms with Crippen molar-refractivity contribution in [3.63, 3.8) is 0 Å². The number of piperazine rings is 1. The van der Waals surface area contributed by atoms with E-state index in [4.69, 9.17) is 5.10 Å². The molecule has 30 heavy (non-hydrogen) atoms. The van der Waals surface area contributed by atoms with Crippen molar-refractivity contribution in [3.8, 4) is 0 Å². The van der Waals surface area contributed by atoms with Gasteiger partial charge in [-0.05, 0) is 25.5 Å². The van der Waals surface area contributed by atoms with E-state index in [1.54, 1.807) is 22.7 Å². The van der Waals surface area contributed by atoms with E-state index in [9.17, 15) is 4.79 Å². The standard InChI is InChI=1S/C22H23N5OS2/c1-15-14-29-22(23-15)26-10-8-25(9-11-26)20(28)19-12-18-16(2)24-27(21(18)30-19)13-17-6-4-3-5-7-17/h3-7,12,14H,8-11,13H2,1-2H3. The van der Waals surface area contributed by atoms with Gasteiger partial charge in [0.25, 0.3) is 5.91 Å². The summed E-state index contributed by atoms with van der Waals surface area (Å²) in [5, 5.41) is 8.90. The maximum Gasteiger partial charge on any atom is 0.264 e. The minimum Gasteiger partial charge on any atom is -0.345 e. The predicted octanol–water partition coefficient (Wildman–Crippen LogP) is 4.18. The molecule has 0 saturated carbocycles. The normalized spacial score (nSPS) is 14.6. The van der Waals surface area contributed by atoms with Crippen LogP contribution in [0.5, 0.6) is 0 Å². The van der Waals surface area contributed by atoms with E-state index in [0.29, 0.717) is 6.54 Å². The lowest BCUT2D eigenvalue weighted by Crippen LogP contribution is -2.48. The zero-order valence-electron chi connectivity index (χ0n) is 17.0. The molecule has 0 radical (unpaired) electrons. The Morgan fingerprint density at radius 3 is 2.57 bits per heavy atom. The molecule has 0 bridgehead atoms. The molecule has 1 amide bonds. The van der Waals surface area contributed by atoms with Crippen molar-refractivity contribution in [3.05, 3.63) is 63.6 Å². The van der Waals surface area contributed by atoms with Crippen LogP contribution in [0.3, 0.4) is 0 Å². The first-order valence-electron chi connectivity index (χ1n) is 10.1. The molecule has 0 atom stereocenters. The number of amides is 1. The van der Waals surface area contributed by atoms with Crippen molar-refractivity contribution < 1.29 is 4.79 Å². The molecule has 1 aromatic carbocycles. The van der Waals surface area contributed by atoms with E-state index in [1.165, 1.54) is 5.56 Å². The van der Waals surface area contributed by atoms with Gasteiger partial charge in [0.2, 0.25) is 0 Å². The fraction of sp³-hybridized carbons (Fsp3) is 0.318. The van der Waals surface area contributed by atoms with Crippen molar-refractivity contribution in [1.82, 2.24) is 19.7 Å². The number of rotatable bonds is 4. The Labute approximate surface area is 183 Å². The molecule has 3 aromatic heterocycles. The molecule has 4 aromatic rings. The highest BCUT2D eigenvalue weighted by Gasteiger charge is 2.25. The van der Waals surface area contributed by atoms with E-state index in [0.717, 1.165) is 57.8 Å². The molecule has 0 aliphatic carbocycles. The second kappa shape index (κ2) is 7.85. The van der Waals surface area contributed by atoms with Crippen molar-refractivity contribution >= 4 is 43.9 Å². The third-order valence-electron chi connectivity index (χ3n) is 5.44. The number of nitrogens with zero attached hydrogens (tertiary/aromatic N) is 5. The lowest BCUT2D eigenvalue weighted by molar-refractivity contribution is 0.0751. The summed E-state index contributed by atoms with van der Waals surface area (Å²) < 4.78 is 2.02. The fourth-order valence-electron chi connectivity index (χ4n) is 3.83. The topological polar surface area (TPSA) is 54.3 Å². The first-order chi connectivity index (χ1) is 14.6. The van der Waals surface area contributed by atoms with Crippen LogP contribution in [0, 0.1) is 13.8 Å².